The zero-order chi connectivity index (χ0) is 21.1. The van der Waals surface area contributed by atoms with Crippen LogP contribution in [0.25, 0.3) is 5.69 Å². The van der Waals surface area contributed by atoms with Crippen LogP contribution in [0.3, 0.4) is 0 Å². The summed E-state index contributed by atoms with van der Waals surface area (Å²) in [6.07, 6.45) is 0.844. The van der Waals surface area contributed by atoms with Gasteiger partial charge in [0, 0.05) is 18.4 Å². The quantitative estimate of drug-likeness (QED) is 0.739. The zero-order valence-electron chi connectivity index (χ0n) is 17.2. The number of ether oxygens (including phenoxy) is 2. The standard InChI is InChI=1S/C22H26N2O5/c1-14(2)16-6-5-7-17(12-16)24-9-8-15(3)19(21(24)26)20(25)23-10-11-29-18(13-23)22(27)28-4/h5-9,12,14,18H,10-11,13H2,1-4H3. The van der Waals surface area contributed by atoms with E-state index < -0.39 is 18.0 Å². The molecule has 1 aromatic carbocycles. The minimum Gasteiger partial charge on any atom is -0.467 e. The van der Waals surface area contributed by atoms with E-state index >= 15 is 0 Å². The highest BCUT2D eigenvalue weighted by molar-refractivity contribution is 5.95. The second-order valence-corrected chi connectivity index (χ2v) is 7.43. The van der Waals surface area contributed by atoms with E-state index in [1.165, 1.54) is 16.6 Å². The summed E-state index contributed by atoms with van der Waals surface area (Å²) in [4.78, 5) is 39.6. The van der Waals surface area contributed by atoms with Gasteiger partial charge in [-0.05, 0) is 42.2 Å². The van der Waals surface area contributed by atoms with E-state index in [9.17, 15) is 14.4 Å². The normalized spacial score (nSPS) is 16.7. The lowest BCUT2D eigenvalue weighted by atomic mass is 10.0. The van der Waals surface area contributed by atoms with E-state index in [2.05, 4.69) is 13.8 Å². The fourth-order valence-corrected chi connectivity index (χ4v) is 3.39. The first-order valence-electron chi connectivity index (χ1n) is 9.64. The molecule has 29 heavy (non-hydrogen) atoms. The number of hydrogen-bond acceptors (Lipinski definition) is 5. The first kappa shape index (κ1) is 20.8. The van der Waals surface area contributed by atoms with E-state index in [0.717, 1.165) is 5.56 Å². The summed E-state index contributed by atoms with van der Waals surface area (Å²) in [5, 5.41) is 0. The van der Waals surface area contributed by atoms with Crippen LogP contribution < -0.4 is 5.56 Å². The Morgan fingerprint density at radius 3 is 2.69 bits per heavy atom. The number of carbonyl (C=O) groups is 2. The molecule has 0 radical (unpaired) electrons. The molecule has 0 spiro atoms. The second kappa shape index (κ2) is 8.61. The third kappa shape index (κ3) is 4.24. The van der Waals surface area contributed by atoms with Gasteiger partial charge in [0.15, 0.2) is 6.10 Å². The molecule has 2 heterocycles. The highest BCUT2D eigenvalue weighted by atomic mass is 16.6. The maximum atomic E-state index is 13.2. The van der Waals surface area contributed by atoms with E-state index in [0.29, 0.717) is 23.7 Å². The molecule has 1 atom stereocenters. The Morgan fingerprint density at radius 1 is 1.24 bits per heavy atom. The van der Waals surface area contributed by atoms with E-state index in [4.69, 9.17) is 9.47 Å². The second-order valence-electron chi connectivity index (χ2n) is 7.43. The lowest BCUT2D eigenvalue weighted by Gasteiger charge is -2.31. The third-order valence-corrected chi connectivity index (χ3v) is 5.15. The number of carbonyl (C=O) groups excluding carboxylic acids is 2. The van der Waals surface area contributed by atoms with Crippen LogP contribution in [0.2, 0.25) is 0 Å². The number of rotatable bonds is 4. The van der Waals surface area contributed by atoms with Crippen molar-refractivity contribution in [3.8, 4) is 5.69 Å². The molecular formula is C22H26N2O5. The van der Waals surface area contributed by atoms with Crippen LogP contribution in [0, 0.1) is 6.92 Å². The lowest BCUT2D eigenvalue weighted by molar-refractivity contribution is -0.158. The minimum absolute atomic E-state index is 0.0577. The first-order chi connectivity index (χ1) is 13.8. The van der Waals surface area contributed by atoms with Crippen LogP contribution in [-0.2, 0) is 14.3 Å². The number of esters is 1. The minimum atomic E-state index is -0.841. The largest absolute Gasteiger partial charge is 0.467 e. The van der Waals surface area contributed by atoms with Gasteiger partial charge in [0.2, 0.25) is 0 Å². The molecule has 7 heteroatoms. The van der Waals surface area contributed by atoms with Gasteiger partial charge in [-0.15, -0.1) is 0 Å². The predicted molar refractivity (Wildman–Crippen MR) is 109 cm³/mol. The molecule has 0 aliphatic carbocycles. The van der Waals surface area contributed by atoms with Crippen molar-refractivity contribution in [3.63, 3.8) is 0 Å². The number of amides is 1. The number of benzene rings is 1. The van der Waals surface area contributed by atoms with Crippen molar-refractivity contribution in [2.45, 2.75) is 32.8 Å². The molecule has 1 aliphatic heterocycles. The molecule has 1 unspecified atom stereocenters. The van der Waals surface area contributed by atoms with Gasteiger partial charge in [-0.25, -0.2) is 4.79 Å². The molecule has 3 rings (SSSR count). The van der Waals surface area contributed by atoms with Crippen LogP contribution in [0.4, 0.5) is 0 Å². The number of pyridine rings is 1. The van der Waals surface area contributed by atoms with Crippen molar-refractivity contribution < 1.29 is 19.1 Å². The Labute approximate surface area is 169 Å². The summed E-state index contributed by atoms with van der Waals surface area (Å²) in [7, 11) is 1.28. The van der Waals surface area contributed by atoms with Gasteiger partial charge in [0.1, 0.15) is 5.56 Å². The SMILES string of the molecule is COC(=O)C1CN(C(=O)c2c(C)ccn(-c3cccc(C(C)C)c3)c2=O)CCO1. The Bertz CT molecular complexity index is 979. The average molecular weight is 398 g/mol. The van der Waals surface area contributed by atoms with Crippen LogP contribution >= 0.6 is 0 Å². The monoisotopic (exact) mass is 398 g/mol. The molecule has 0 N–H and O–H groups in total. The molecule has 1 saturated heterocycles. The van der Waals surface area contributed by atoms with Crippen LogP contribution in [-0.4, -0.2) is 54.3 Å². The van der Waals surface area contributed by atoms with Gasteiger partial charge in [0.05, 0.1) is 20.3 Å². The van der Waals surface area contributed by atoms with Gasteiger partial charge in [0.25, 0.3) is 11.5 Å². The molecule has 1 fully saturated rings. The van der Waals surface area contributed by atoms with Crippen molar-refractivity contribution in [1.82, 2.24) is 9.47 Å². The first-order valence-corrected chi connectivity index (χ1v) is 9.64. The topological polar surface area (TPSA) is 77.8 Å². The maximum absolute atomic E-state index is 13.2. The number of nitrogens with zero attached hydrogens (tertiary/aromatic N) is 2. The van der Waals surface area contributed by atoms with Gasteiger partial charge in [-0.2, -0.15) is 0 Å². The summed E-state index contributed by atoms with van der Waals surface area (Å²) in [5.74, 6) is -0.616. The average Bonchev–Trinajstić information content (AvgIpc) is 2.73. The van der Waals surface area contributed by atoms with Crippen molar-refractivity contribution in [2.75, 3.05) is 26.8 Å². The summed E-state index contributed by atoms with van der Waals surface area (Å²) in [6.45, 7) is 6.49. The van der Waals surface area contributed by atoms with E-state index in [1.807, 2.05) is 24.3 Å². The van der Waals surface area contributed by atoms with Crippen molar-refractivity contribution in [3.05, 3.63) is 63.6 Å². The highest BCUT2D eigenvalue weighted by Gasteiger charge is 2.32. The fourth-order valence-electron chi connectivity index (χ4n) is 3.39. The number of morpholine rings is 1. The molecule has 0 bridgehead atoms. The fraction of sp³-hybridized carbons (Fsp3) is 0.409. The Kier molecular flexibility index (Phi) is 6.17. The molecule has 1 aliphatic rings. The summed E-state index contributed by atoms with van der Waals surface area (Å²) >= 11 is 0. The summed E-state index contributed by atoms with van der Waals surface area (Å²) < 4.78 is 11.6. The van der Waals surface area contributed by atoms with Crippen molar-refractivity contribution in [1.29, 1.82) is 0 Å². The van der Waals surface area contributed by atoms with E-state index in [-0.39, 0.29) is 24.3 Å². The number of methoxy groups -OCH3 is 1. The Balaban J connectivity index is 1.97. The molecular weight excluding hydrogens is 372 g/mol. The van der Waals surface area contributed by atoms with Gasteiger partial charge in [-0.1, -0.05) is 26.0 Å². The van der Waals surface area contributed by atoms with Crippen LogP contribution in [0.1, 0.15) is 41.3 Å². The smallest absolute Gasteiger partial charge is 0.336 e. The molecule has 7 nitrogen and oxygen atoms in total. The number of aromatic nitrogens is 1. The third-order valence-electron chi connectivity index (χ3n) is 5.15. The summed E-state index contributed by atoms with van der Waals surface area (Å²) in [6, 6.07) is 9.48. The van der Waals surface area contributed by atoms with Crippen molar-refractivity contribution in [2.24, 2.45) is 0 Å². The van der Waals surface area contributed by atoms with Crippen LogP contribution in [0.15, 0.2) is 41.3 Å². The maximum Gasteiger partial charge on any atom is 0.336 e. The molecule has 1 amide bonds. The lowest BCUT2D eigenvalue weighted by Crippen LogP contribution is -2.50. The number of aryl methyl sites for hydroxylation is 1. The Morgan fingerprint density at radius 2 is 2.00 bits per heavy atom. The van der Waals surface area contributed by atoms with Gasteiger partial charge in [-0.3, -0.25) is 14.2 Å². The van der Waals surface area contributed by atoms with Gasteiger partial charge >= 0.3 is 5.97 Å². The van der Waals surface area contributed by atoms with Crippen molar-refractivity contribution >= 4 is 11.9 Å². The number of hydrogen-bond donors (Lipinski definition) is 0. The molecule has 154 valence electrons. The zero-order valence-corrected chi connectivity index (χ0v) is 17.2. The van der Waals surface area contributed by atoms with Crippen LogP contribution in [0.5, 0.6) is 0 Å². The van der Waals surface area contributed by atoms with E-state index in [1.54, 1.807) is 19.2 Å². The van der Waals surface area contributed by atoms with Gasteiger partial charge < -0.3 is 14.4 Å². The Hall–Kier alpha value is -2.93. The molecule has 2 aromatic rings. The molecule has 1 aromatic heterocycles. The highest BCUT2D eigenvalue weighted by Crippen LogP contribution is 2.18. The molecule has 0 saturated carbocycles. The predicted octanol–water partition coefficient (Wildman–Crippen LogP) is 2.28. The summed E-state index contributed by atoms with van der Waals surface area (Å²) in [5.41, 5.74) is 2.14.